The van der Waals surface area contributed by atoms with Crippen LogP contribution in [0.5, 0.6) is 5.75 Å². The van der Waals surface area contributed by atoms with Crippen LogP contribution in [0.15, 0.2) is 30.3 Å². The van der Waals surface area contributed by atoms with Gasteiger partial charge in [0.1, 0.15) is 17.4 Å². The van der Waals surface area contributed by atoms with Crippen molar-refractivity contribution in [1.29, 1.82) is 5.26 Å². The third-order valence-electron chi connectivity index (χ3n) is 8.66. The average molecular weight is 477 g/mol. The fourth-order valence-corrected chi connectivity index (χ4v) is 6.38. The van der Waals surface area contributed by atoms with E-state index in [1.165, 1.54) is 37.7 Å². The van der Waals surface area contributed by atoms with Crippen molar-refractivity contribution in [2.75, 3.05) is 19.7 Å². The molecule has 4 nitrogen and oxygen atoms in total. The highest BCUT2D eigenvalue weighted by atomic mass is 16.5. The highest BCUT2D eigenvalue weighted by Gasteiger charge is 2.29. The van der Waals surface area contributed by atoms with Gasteiger partial charge >= 0.3 is 0 Å². The van der Waals surface area contributed by atoms with Gasteiger partial charge in [-0.15, -0.1) is 0 Å². The van der Waals surface area contributed by atoms with Gasteiger partial charge in [0, 0.05) is 18.0 Å². The molecular formula is C31H44N2O2. The normalized spacial score (nSPS) is 23.6. The summed E-state index contributed by atoms with van der Waals surface area (Å²) in [7, 11) is 0. The minimum absolute atomic E-state index is 0.231. The van der Waals surface area contributed by atoms with Crippen LogP contribution in [0, 0.1) is 23.2 Å². The summed E-state index contributed by atoms with van der Waals surface area (Å²) >= 11 is 0. The van der Waals surface area contributed by atoms with E-state index >= 15 is 0 Å². The predicted octanol–water partition coefficient (Wildman–Crippen LogP) is 7.65. The number of likely N-dealkylation sites (tertiary alicyclic amines) is 1. The highest BCUT2D eigenvalue weighted by Crippen LogP contribution is 2.36. The maximum atomic E-state index is 10.1. The van der Waals surface area contributed by atoms with Crippen molar-refractivity contribution < 1.29 is 9.47 Å². The molecule has 2 aromatic carbocycles. The minimum Gasteiger partial charge on any atom is -0.489 e. The summed E-state index contributed by atoms with van der Waals surface area (Å²) in [6.45, 7) is 11.9. The van der Waals surface area contributed by atoms with Gasteiger partial charge in [-0.05, 0) is 107 Å². The van der Waals surface area contributed by atoms with E-state index in [1.54, 1.807) is 0 Å². The molecule has 0 N–H and O–H groups in total. The van der Waals surface area contributed by atoms with Gasteiger partial charge in [0.05, 0.1) is 12.2 Å². The molecule has 2 aromatic rings. The number of nitriles is 1. The molecule has 2 atom stereocenters. The number of benzene rings is 2. The van der Waals surface area contributed by atoms with Gasteiger partial charge < -0.3 is 9.47 Å². The maximum Gasteiger partial charge on any atom is 0.138 e. The van der Waals surface area contributed by atoms with Crippen LogP contribution in [0.3, 0.4) is 0 Å². The summed E-state index contributed by atoms with van der Waals surface area (Å²) in [5, 5.41) is 12.3. The van der Waals surface area contributed by atoms with Gasteiger partial charge in [-0.2, -0.15) is 5.26 Å². The van der Waals surface area contributed by atoms with E-state index in [0.717, 1.165) is 61.4 Å². The first-order valence-corrected chi connectivity index (χ1v) is 14.1. The molecule has 1 saturated heterocycles. The molecule has 2 fully saturated rings. The van der Waals surface area contributed by atoms with E-state index < -0.39 is 0 Å². The summed E-state index contributed by atoms with van der Waals surface area (Å²) in [6, 6.07) is 13.7. The van der Waals surface area contributed by atoms with E-state index in [9.17, 15) is 5.26 Å². The molecule has 0 bridgehead atoms. The third kappa shape index (κ3) is 6.01. The molecule has 2 aliphatic rings. The van der Waals surface area contributed by atoms with Crippen molar-refractivity contribution in [2.24, 2.45) is 11.8 Å². The highest BCUT2D eigenvalue weighted by molar-refractivity contribution is 5.90. The average Bonchev–Trinajstić information content (AvgIpc) is 2.90. The zero-order valence-electron chi connectivity index (χ0n) is 22.3. The quantitative estimate of drug-likeness (QED) is 0.373. The zero-order chi connectivity index (χ0) is 24.8. The Morgan fingerprint density at radius 3 is 2.34 bits per heavy atom. The molecule has 1 heterocycles. The third-order valence-corrected chi connectivity index (χ3v) is 8.66. The number of ether oxygens (including phenoxy) is 2. The minimum atomic E-state index is 0.231. The summed E-state index contributed by atoms with van der Waals surface area (Å²) in [5.74, 6) is 2.25. The largest absolute Gasteiger partial charge is 0.489 e. The van der Waals surface area contributed by atoms with Gasteiger partial charge in [0.25, 0.3) is 0 Å². The topological polar surface area (TPSA) is 45.5 Å². The van der Waals surface area contributed by atoms with E-state index in [0.29, 0.717) is 23.6 Å². The lowest BCUT2D eigenvalue weighted by Crippen LogP contribution is -2.39. The van der Waals surface area contributed by atoms with Crippen molar-refractivity contribution in [1.82, 2.24) is 4.90 Å². The second-order valence-electron chi connectivity index (χ2n) is 10.7. The molecule has 0 spiro atoms. The Kier molecular flexibility index (Phi) is 9.09. The summed E-state index contributed by atoms with van der Waals surface area (Å²) in [5.41, 5.74) is 2.01. The second-order valence-corrected chi connectivity index (χ2v) is 10.7. The first kappa shape index (κ1) is 26.0. The molecule has 1 saturated carbocycles. The first-order chi connectivity index (χ1) is 17.1. The van der Waals surface area contributed by atoms with Crippen LogP contribution in [0.25, 0.3) is 10.8 Å². The standard InChI is InChI=1S/C31H44N2O2/c1-5-23-8-13-27(14-9-23)35-31-15-12-25-10-11-26(20-28(25)29(31)21-32)30(6-2)33-18-16-24(17-19-33)22(4)34-7-3/h10-12,15,20,22-24,27,30H,5-9,13-14,16-19H2,1-4H3/t22-,23-,27+,30?/m1/s1. The van der Waals surface area contributed by atoms with E-state index in [1.807, 2.05) is 6.07 Å². The van der Waals surface area contributed by atoms with E-state index in [4.69, 9.17) is 9.47 Å². The fraction of sp³-hybridized carbons (Fsp3) is 0.645. The molecule has 190 valence electrons. The molecule has 1 aliphatic carbocycles. The number of hydrogen-bond acceptors (Lipinski definition) is 4. The van der Waals surface area contributed by atoms with Crippen LogP contribution in [-0.4, -0.2) is 36.8 Å². The number of piperidine rings is 1. The van der Waals surface area contributed by atoms with Crippen molar-refractivity contribution in [3.8, 4) is 11.8 Å². The summed E-state index contributed by atoms with van der Waals surface area (Å²) < 4.78 is 12.3. The first-order valence-electron chi connectivity index (χ1n) is 14.1. The molecule has 4 heteroatoms. The van der Waals surface area contributed by atoms with E-state index in [2.05, 4.69) is 62.9 Å². The van der Waals surface area contributed by atoms with Gasteiger partial charge in [-0.3, -0.25) is 4.90 Å². The molecule has 0 aromatic heterocycles. The Labute approximate surface area is 212 Å². The number of fused-ring (bicyclic) bond motifs is 1. The van der Waals surface area contributed by atoms with E-state index in [-0.39, 0.29) is 6.10 Å². The number of rotatable bonds is 9. The predicted molar refractivity (Wildman–Crippen MR) is 144 cm³/mol. The Hall–Kier alpha value is -2.09. The van der Waals surface area contributed by atoms with Crippen LogP contribution >= 0.6 is 0 Å². The number of hydrogen-bond donors (Lipinski definition) is 0. The lowest BCUT2D eigenvalue weighted by atomic mass is 9.86. The Morgan fingerprint density at radius 2 is 1.71 bits per heavy atom. The van der Waals surface area contributed by atoms with Crippen molar-refractivity contribution >= 4 is 10.8 Å². The molecule has 35 heavy (non-hydrogen) atoms. The molecular weight excluding hydrogens is 432 g/mol. The smallest absolute Gasteiger partial charge is 0.138 e. The molecule has 1 unspecified atom stereocenters. The molecule has 1 aliphatic heterocycles. The van der Waals surface area contributed by atoms with Crippen molar-refractivity contribution in [2.45, 2.75) is 97.3 Å². The zero-order valence-corrected chi connectivity index (χ0v) is 22.3. The van der Waals surface area contributed by atoms with Gasteiger partial charge in [0.2, 0.25) is 0 Å². The SMILES string of the molecule is CCO[C@H](C)C1CCN(C(CC)c2ccc3ccc(O[C@H]4CC[C@@H](CC)CC4)c(C#N)c3c2)CC1. The molecule has 0 radical (unpaired) electrons. The fourth-order valence-electron chi connectivity index (χ4n) is 6.38. The van der Waals surface area contributed by atoms with Crippen molar-refractivity contribution in [3.63, 3.8) is 0 Å². The summed E-state index contributed by atoms with van der Waals surface area (Å²) in [4.78, 5) is 2.63. The molecule has 0 amide bonds. The van der Waals surface area contributed by atoms with Crippen LogP contribution in [0.2, 0.25) is 0 Å². The van der Waals surface area contributed by atoms with Gasteiger partial charge in [-0.1, -0.05) is 38.5 Å². The van der Waals surface area contributed by atoms with Crippen LogP contribution in [0.1, 0.15) is 96.2 Å². The van der Waals surface area contributed by atoms with Crippen molar-refractivity contribution in [3.05, 3.63) is 41.5 Å². The molecule has 4 rings (SSSR count). The Balaban J connectivity index is 1.52. The van der Waals surface area contributed by atoms with Gasteiger partial charge in [0.15, 0.2) is 0 Å². The monoisotopic (exact) mass is 476 g/mol. The summed E-state index contributed by atoms with van der Waals surface area (Å²) in [6.07, 6.45) is 9.93. The Bertz CT molecular complexity index is 997. The van der Waals surface area contributed by atoms with Crippen LogP contribution in [-0.2, 0) is 4.74 Å². The number of nitrogens with zero attached hydrogens (tertiary/aromatic N) is 2. The second kappa shape index (κ2) is 12.2. The lowest BCUT2D eigenvalue weighted by Gasteiger charge is -2.39. The van der Waals surface area contributed by atoms with Crippen LogP contribution in [0.4, 0.5) is 0 Å². The van der Waals surface area contributed by atoms with Gasteiger partial charge in [-0.25, -0.2) is 0 Å². The maximum absolute atomic E-state index is 10.1. The lowest BCUT2D eigenvalue weighted by molar-refractivity contribution is 0.00156. The van der Waals surface area contributed by atoms with Crippen LogP contribution < -0.4 is 4.74 Å². The Morgan fingerprint density at radius 1 is 1.00 bits per heavy atom.